The molecule has 0 aliphatic carbocycles. The van der Waals surface area contributed by atoms with E-state index in [1.54, 1.807) is 23.9 Å². The highest BCUT2D eigenvalue weighted by Crippen LogP contribution is 2.30. The average Bonchev–Trinajstić information content (AvgIpc) is 3.11. The van der Waals surface area contributed by atoms with Crippen LogP contribution in [-0.2, 0) is 0 Å². The fraction of sp³-hybridized carbons (Fsp3) is 0.188. The molecule has 0 fully saturated rings. The summed E-state index contributed by atoms with van der Waals surface area (Å²) in [5.74, 6) is 0.995. The predicted octanol–water partition coefficient (Wildman–Crippen LogP) is 3.59. The van der Waals surface area contributed by atoms with E-state index in [0.29, 0.717) is 12.3 Å². The predicted molar refractivity (Wildman–Crippen MR) is 84.8 cm³/mol. The number of para-hydroxylation sites is 1. The van der Waals surface area contributed by atoms with Crippen molar-refractivity contribution in [2.24, 2.45) is 0 Å². The number of H-pyrrole nitrogens is 1. The van der Waals surface area contributed by atoms with E-state index in [-0.39, 0.29) is 5.91 Å². The van der Waals surface area contributed by atoms with Crippen LogP contribution in [0.5, 0.6) is 0 Å². The number of benzene rings is 1. The first-order chi connectivity index (χ1) is 10.3. The molecule has 2 aromatic heterocycles. The minimum atomic E-state index is -0.170. The van der Waals surface area contributed by atoms with Gasteiger partial charge in [0, 0.05) is 33.8 Å². The van der Waals surface area contributed by atoms with Crippen LogP contribution in [0.15, 0.2) is 52.0 Å². The molecule has 2 heterocycles. The summed E-state index contributed by atoms with van der Waals surface area (Å²) >= 11 is 1.75. The van der Waals surface area contributed by atoms with Crippen LogP contribution in [0, 0.1) is 6.92 Å². The second-order valence-electron chi connectivity index (χ2n) is 4.71. The van der Waals surface area contributed by atoms with E-state index in [0.717, 1.165) is 11.3 Å². The zero-order chi connectivity index (χ0) is 14.7. The van der Waals surface area contributed by atoms with Crippen molar-refractivity contribution < 1.29 is 9.21 Å². The minimum absolute atomic E-state index is 0.170. The number of furan rings is 1. The largest absolute Gasteiger partial charge is 0.459 e. The third-order valence-electron chi connectivity index (χ3n) is 3.21. The normalized spacial score (nSPS) is 10.9. The van der Waals surface area contributed by atoms with Gasteiger partial charge in [-0.2, -0.15) is 0 Å². The van der Waals surface area contributed by atoms with Crippen molar-refractivity contribution in [2.45, 2.75) is 11.8 Å². The standard InChI is InChI=1S/C16H16N2O2S/c1-11-15(12-5-2-3-6-13(12)18-11)21-10-8-17-16(19)14-7-4-9-20-14/h2-7,9,18H,8,10H2,1H3,(H,17,19). The van der Waals surface area contributed by atoms with Crippen LogP contribution in [-0.4, -0.2) is 23.2 Å². The number of rotatable bonds is 5. The van der Waals surface area contributed by atoms with Gasteiger partial charge in [0.1, 0.15) is 0 Å². The van der Waals surface area contributed by atoms with Crippen LogP contribution >= 0.6 is 11.8 Å². The molecule has 0 saturated carbocycles. The first-order valence-electron chi connectivity index (χ1n) is 6.77. The Balaban J connectivity index is 1.57. The molecule has 3 rings (SSSR count). The Morgan fingerprint density at radius 3 is 2.95 bits per heavy atom. The summed E-state index contributed by atoms with van der Waals surface area (Å²) in [4.78, 5) is 16.4. The van der Waals surface area contributed by atoms with E-state index < -0.39 is 0 Å². The Kier molecular flexibility index (Phi) is 4.01. The molecule has 0 aliphatic heterocycles. The molecule has 4 nitrogen and oxygen atoms in total. The highest BCUT2D eigenvalue weighted by Gasteiger charge is 2.10. The third kappa shape index (κ3) is 2.97. The number of hydrogen-bond donors (Lipinski definition) is 2. The molecule has 2 N–H and O–H groups in total. The maximum absolute atomic E-state index is 11.7. The van der Waals surface area contributed by atoms with Crippen LogP contribution in [0.3, 0.4) is 0 Å². The SMILES string of the molecule is Cc1[nH]c2ccccc2c1SCCNC(=O)c1ccco1. The maximum atomic E-state index is 11.7. The molecular formula is C16H16N2O2S. The summed E-state index contributed by atoms with van der Waals surface area (Å²) in [5, 5.41) is 4.08. The number of amides is 1. The first-order valence-corrected chi connectivity index (χ1v) is 7.76. The third-order valence-corrected chi connectivity index (χ3v) is 4.44. The van der Waals surface area contributed by atoms with E-state index >= 15 is 0 Å². The number of carbonyl (C=O) groups is 1. The molecule has 108 valence electrons. The van der Waals surface area contributed by atoms with Crippen molar-refractivity contribution in [1.29, 1.82) is 0 Å². The monoisotopic (exact) mass is 300 g/mol. The lowest BCUT2D eigenvalue weighted by molar-refractivity contribution is 0.0928. The minimum Gasteiger partial charge on any atom is -0.459 e. The van der Waals surface area contributed by atoms with Crippen LogP contribution in [0.4, 0.5) is 0 Å². The van der Waals surface area contributed by atoms with E-state index in [2.05, 4.69) is 29.4 Å². The van der Waals surface area contributed by atoms with Gasteiger partial charge in [-0.15, -0.1) is 11.8 Å². The van der Waals surface area contributed by atoms with E-state index in [1.165, 1.54) is 22.2 Å². The lowest BCUT2D eigenvalue weighted by atomic mass is 10.2. The quantitative estimate of drug-likeness (QED) is 0.559. The van der Waals surface area contributed by atoms with Crippen molar-refractivity contribution >= 4 is 28.6 Å². The Morgan fingerprint density at radius 2 is 2.14 bits per heavy atom. The molecule has 0 spiro atoms. The van der Waals surface area contributed by atoms with Gasteiger partial charge in [0.05, 0.1) is 6.26 Å². The zero-order valence-electron chi connectivity index (χ0n) is 11.7. The van der Waals surface area contributed by atoms with Crippen LogP contribution < -0.4 is 5.32 Å². The highest BCUT2D eigenvalue weighted by atomic mass is 32.2. The van der Waals surface area contributed by atoms with Crippen molar-refractivity contribution in [2.75, 3.05) is 12.3 Å². The highest BCUT2D eigenvalue weighted by molar-refractivity contribution is 7.99. The molecule has 0 unspecified atom stereocenters. The van der Waals surface area contributed by atoms with Gasteiger partial charge in [0.2, 0.25) is 0 Å². The summed E-state index contributed by atoms with van der Waals surface area (Å²) in [6, 6.07) is 11.6. The Bertz CT molecular complexity index is 747. The van der Waals surface area contributed by atoms with Gasteiger partial charge in [-0.1, -0.05) is 18.2 Å². The Morgan fingerprint density at radius 1 is 1.29 bits per heavy atom. The fourth-order valence-electron chi connectivity index (χ4n) is 2.25. The molecule has 0 bridgehead atoms. The fourth-order valence-corrected chi connectivity index (χ4v) is 3.26. The lowest BCUT2D eigenvalue weighted by Crippen LogP contribution is -2.25. The van der Waals surface area contributed by atoms with Crippen LogP contribution in [0.1, 0.15) is 16.2 Å². The molecule has 0 atom stereocenters. The number of aromatic nitrogens is 1. The number of carbonyl (C=O) groups excluding carboxylic acids is 1. The number of nitrogens with one attached hydrogen (secondary N) is 2. The van der Waals surface area contributed by atoms with Crippen molar-refractivity contribution in [1.82, 2.24) is 10.3 Å². The zero-order valence-corrected chi connectivity index (χ0v) is 12.5. The molecule has 3 aromatic rings. The molecule has 5 heteroatoms. The first kappa shape index (κ1) is 13.8. The Hall–Kier alpha value is -2.14. The number of hydrogen-bond acceptors (Lipinski definition) is 3. The van der Waals surface area contributed by atoms with E-state index in [1.807, 2.05) is 12.1 Å². The van der Waals surface area contributed by atoms with Crippen molar-refractivity contribution in [3.8, 4) is 0 Å². The Labute approximate surface area is 126 Å². The summed E-state index contributed by atoms with van der Waals surface area (Å²) in [7, 11) is 0. The van der Waals surface area contributed by atoms with Gasteiger partial charge in [-0.05, 0) is 25.1 Å². The van der Waals surface area contributed by atoms with Gasteiger partial charge in [-0.3, -0.25) is 4.79 Å². The molecule has 0 aliphatic rings. The number of aromatic amines is 1. The average molecular weight is 300 g/mol. The molecule has 1 aromatic carbocycles. The van der Waals surface area contributed by atoms with Gasteiger partial charge < -0.3 is 14.7 Å². The second-order valence-corrected chi connectivity index (χ2v) is 5.81. The second kappa shape index (κ2) is 6.10. The smallest absolute Gasteiger partial charge is 0.287 e. The van der Waals surface area contributed by atoms with Gasteiger partial charge in [0.25, 0.3) is 5.91 Å². The van der Waals surface area contributed by atoms with Crippen molar-refractivity contribution in [3.63, 3.8) is 0 Å². The van der Waals surface area contributed by atoms with E-state index in [9.17, 15) is 4.79 Å². The molecule has 0 saturated heterocycles. The summed E-state index contributed by atoms with van der Waals surface area (Å²) < 4.78 is 5.05. The molecular weight excluding hydrogens is 284 g/mol. The molecule has 0 radical (unpaired) electrons. The number of thioether (sulfide) groups is 1. The summed E-state index contributed by atoms with van der Waals surface area (Å²) in [6.45, 7) is 2.67. The number of fused-ring (bicyclic) bond motifs is 1. The summed E-state index contributed by atoms with van der Waals surface area (Å²) in [6.07, 6.45) is 1.50. The number of aryl methyl sites for hydroxylation is 1. The molecule has 21 heavy (non-hydrogen) atoms. The van der Waals surface area contributed by atoms with Gasteiger partial charge in [-0.25, -0.2) is 0 Å². The van der Waals surface area contributed by atoms with Crippen molar-refractivity contribution in [3.05, 3.63) is 54.1 Å². The van der Waals surface area contributed by atoms with Gasteiger partial charge >= 0.3 is 0 Å². The summed E-state index contributed by atoms with van der Waals surface area (Å²) in [5.41, 5.74) is 2.32. The molecule has 1 amide bonds. The lowest BCUT2D eigenvalue weighted by Gasteiger charge is -2.04. The topological polar surface area (TPSA) is 58.0 Å². The van der Waals surface area contributed by atoms with Crippen LogP contribution in [0.2, 0.25) is 0 Å². The van der Waals surface area contributed by atoms with E-state index in [4.69, 9.17) is 4.42 Å². The van der Waals surface area contributed by atoms with Gasteiger partial charge in [0.15, 0.2) is 5.76 Å². The maximum Gasteiger partial charge on any atom is 0.287 e. The van der Waals surface area contributed by atoms with Crippen LogP contribution in [0.25, 0.3) is 10.9 Å².